The number of ether oxygens (including phenoxy) is 1. The van der Waals surface area contributed by atoms with Crippen molar-refractivity contribution in [2.45, 2.75) is 59.3 Å². The summed E-state index contributed by atoms with van der Waals surface area (Å²) in [5.41, 5.74) is 8.53. The monoisotopic (exact) mass is 277 g/mol. The van der Waals surface area contributed by atoms with Crippen molar-refractivity contribution in [3.8, 4) is 5.75 Å². The zero-order chi connectivity index (χ0) is 15.6. The fourth-order valence-electron chi connectivity index (χ4n) is 2.35. The van der Waals surface area contributed by atoms with Crippen LogP contribution < -0.4 is 10.5 Å². The highest BCUT2D eigenvalue weighted by molar-refractivity contribution is 5.47. The first-order chi connectivity index (χ1) is 9.07. The van der Waals surface area contributed by atoms with Crippen molar-refractivity contribution >= 4 is 0 Å². The molecular formula is C18H31NO. The van der Waals surface area contributed by atoms with Crippen LogP contribution in [0.3, 0.4) is 0 Å². The Morgan fingerprint density at radius 2 is 1.65 bits per heavy atom. The van der Waals surface area contributed by atoms with Gasteiger partial charge in [0, 0.05) is 11.5 Å². The lowest BCUT2D eigenvalue weighted by atomic mass is 9.75. The van der Waals surface area contributed by atoms with Gasteiger partial charge in [-0.15, -0.1) is 0 Å². The van der Waals surface area contributed by atoms with Gasteiger partial charge in [-0.05, 0) is 29.0 Å². The molecule has 0 heterocycles. The van der Waals surface area contributed by atoms with E-state index in [9.17, 15) is 0 Å². The van der Waals surface area contributed by atoms with E-state index in [0.717, 1.165) is 5.75 Å². The maximum atomic E-state index is 6.07. The first-order valence-corrected chi connectivity index (χ1v) is 7.54. The molecule has 0 saturated carbocycles. The molecule has 1 unspecified atom stereocenters. The Bertz CT molecular complexity index is 438. The lowest BCUT2D eigenvalue weighted by molar-refractivity contribution is 0.257. The summed E-state index contributed by atoms with van der Waals surface area (Å²) in [5, 5.41) is 0. The van der Waals surface area contributed by atoms with Gasteiger partial charge in [-0.25, -0.2) is 0 Å². The van der Waals surface area contributed by atoms with Crippen LogP contribution in [0.15, 0.2) is 18.2 Å². The summed E-state index contributed by atoms with van der Waals surface area (Å²) in [6.45, 7) is 16.9. The predicted octanol–water partition coefficient (Wildman–Crippen LogP) is 4.26. The molecule has 0 aliphatic heterocycles. The number of nitrogens with two attached hydrogens (primary N) is 1. The van der Waals surface area contributed by atoms with Gasteiger partial charge >= 0.3 is 0 Å². The summed E-state index contributed by atoms with van der Waals surface area (Å²) in [6.07, 6.45) is 0. The molecule has 2 nitrogen and oxygen atoms in total. The average Bonchev–Trinajstić information content (AvgIpc) is 2.33. The fraction of sp³-hybridized carbons (Fsp3) is 0.667. The van der Waals surface area contributed by atoms with E-state index in [-0.39, 0.29) is 10.8 Å². The minimum Gasteiger partial charge on any atom is -0.493 e. The maximum absolute atomic E-state index is 6.07. The van der Waals surface area contributed by atoms with E-state index >= 15 is 0 Å². The molecule has 0 aromatic heterocycles. The van der Waals surface area contributed by atoms with E-state index in [1.54, 1.807) is 0 Å². The van der Waals surface area contributed by atoms with Crippen LogP contribution in [0.5, 0.6) is 5.75 Å². The standard InChI is InChI=1S/C18H31NO/c1-13(11-19)12-20-15-10-8-9-14(17(2,3)4)16(15)18(5,6)7/h8-10,13H,11-12,19H2,1-7H3. The molecule has 0 bridgehead atoms. The van der Waals surface area contributed by atoms with Crippen molar-refractivity contribution in [3.05, 3.63) is 29.3 Å². The van der Waals surface area contributed by atoms with E-state index in [4.69, 9.17) is 10.5 Å². The quantitative estimate of drug-likeness (QED) is 0.892. The normalized spacial score (nSPS) is 14.2. The Hall–Kier alpha value is -1.02. The van der Waals surface area contributed by atoms with Crippen LogP contribution in [-0.4, -0.2) is 13.2 Å². The Labute approximate surface area is 124 Å². The van der Waals surface area contributed by atoms with E-state index in [0.29, 0.717) is 19.1 Å². The Morgan fingerprint density at radius 3 is 2.10 bits per heavy atom. The summed E-state index contributed by atoms with van der Waals surface area (Å²) in [4.78, 5) is 0. The number of hydrogen-bond acceptors (Lipinski definition) is 2. The molecule has 0 spiro atoms. The zero-order valence-electron chi connectivity index (χ0n) is 14.2. The summed E-state index contributed by atoms with van der Waals surface area (Å²) < 4.78 is 6.07. The molecule has 0 radical (unpaired) electrons. The third-order valence-electron chi connectivity index (χ3n) is 3.51. The molecule has 1 rings (SSSR count). The van der Waals surface area contributed by atoms with Crippen LogP contribution in [0.25, 0.3) is 0 Å². The third kappa shape index (κ3) is 4.24. The van der Waals surface area contributed by atoms with E-state index in [1.807, 2.05) is 0 Å². The van der Waals surface area contributed by atoms with E-state index < -0.39 is 0 Å². The van der Waals surface area contributed by atoms with Gasteiger partial charge in [-0.2, -0.15) is 0 Å². The Morgan fingerprint density at radius 1 is 1.05 bits per heavy atom. The SMILES string of the molecule is CC(CN)COc1cccc(C(C)(C)C)c1C(C)(C)C. The second-order valence-corrected chi connectivity index (χ2v) is 7.83. The second-order valence-electron chi connectivity index (χ2n) is 7.83. The molecule has 0 saturated heterocycles. The first-order valence-electron chi connectivity index (χ1n) is 7.54. The second kappa shape index (κ2) is 6.17. The summed E-state index contributed by atoms with van der Waals surface area (Å²) >= 11 is 0. The minimum atomic E-state index is 0.0607. The highest BCUT2D eigenvalue weighted by atomic mass is 16.5. The van der Waals surface area contributed by atoms with Crippen molar-refractivity contribution in [1.82, 2.24) is 0 Å². The molecule has 1 aromatic carbocycles. The van der Waals surface area contributed by atoms with Gasteiger partial charge in [0.25, 0.3) is 0 Å². The largest absolute Gasteiger partial charge is 0.493 e. The van der Waals surface area contributed by atoms with Crippen molar-refractivity contribution < 1.29 is 4.74 Å². The lowest BCUT2D eigenvalue weighted by Crippen LogP contribution is -2.24. The maximum Gasteiger partial charge on any atom is 0.123 e. The van der Waals surface area contributed by atoms with Crippen molar-refractivity contribution in [2.24, 2.45) is 11.7 Å². The zero-order valence-corrected chi connectivity index (χ0v) is 14.2. The predicted molar refractivity (Wildman–Crippen MR) is 87.6 cm³/mol. The summed E-state index contributed by atoms with van der Waals surface area (Å²) in [6, 6.07) is 6.40. The molecule has 1 aromatic rings. The van der Waals surface area contributed by atoms with Crippen molar-refractivity contribution in [2.75, 3.05) is 13.2 Å². The molecule has 1 atom stereocenters. The highest BCUT2D eigenvalue weighted by Crippen LogP contribution is 2.39. The van der Waals surface area contributed by atoms with Crippen LogP contribution in [0.4, 0.5) is 0 Å². The van der Waals surface area contributed by atoms with Gasteiger partial charge in [-0.3, -0.25) is 0 Å². The molecule has 2 heteroatoms. The molecule has 2 N–H and O–H groups in total. The summed E-state index contributed by atoms with van der Waals surface area (Å²) in [7, 11) is 0. The average molecular weight is 277 g/mol. The van der Waals surface area contributed by atoms with Gasteiger partial charge in [0.1, 0.15) is 5.75 Å². The van der Waals surface area contributed by atoms with Crippen molar-refractivity contribution in [3.63, 3.8) is 0 Å². The van der Waals surface area contributed by atoms with E-state index in [1.165, 1.54) is 11.1 Å². The third-order valence-corrected chi connectivity index (χ3v) is 3.51. The molecule has 114 valence electrons. The first kappa shape index (κ1) is 17.0. The molecule has 0 amide bonds. The van der Waals surface area contributed by atoms with Gasteiger partial charge in [0.15, 0.2) is 0 Å². The van der Waals surface area contributed by atoms with Crippen LogP contribution in [0.1, 0.15) is 59.6 Å². The molecule has 20 heavy (non-hydrogen) atoms. The summed E-state index contributed by atoms with van der Waals surface area (Å²) in [5.74, 6) is 1.38. The minimum absolute atomic E-state index is 0.0607. The number of benzene rings is 1. The molecular weight excluding hydrogens is 246 g/mol. The Balaban J connectivity index is 3.24. The van der Waals surface area contributed by atoms with Gasteiger partial charge in [0.2, 0.25) is 0 Å². The smallest absolute Gasteiger partial charge is 0.123 e. The Kier molecular flexibility index (Phi) is 5.26. The molecule has 0 aliphatic rings. The van der Waals surface area contributed by atoms with Crippen molar-refractivity contribution in [1.29, 1.82) is 0 Å². The van der Waals surface area contributed by atoms with Crippen LogP contribution in [0, 0.1) is 5.92 Å². The number of hydrogen-bond donors (Lipinski definition) is 1. The fourth-order valence-corrected chi connectivity index (χ4v) is 2.35. The van der Waals surface area contributed by atoms with Crippen LogP contribution >= 0.6 is 0 Å². The number of rotatable bonds is 4. The van der Waals surface area contributed by atoms with Crippen LogP contribution in [-0.2, 0) is 10.8 Å². The van der Waals surface area contributed by atoms with Gasteiger partial charge < -0.3 is 10.5 Å². The van der Waals surface area contributed by atoms with Gasteiger partial charge in [-0.1, -0.05) is 60.6 Å². The topological polar surface area (TPSA) is 35.2 Å². The highest BCUT2D eigenvalue weighted by Gasteiger charge is 2.28. The van der Waals surface area contributed by atoms with Gasteiger partial charge in [0.05, 0.1) is 6.61 Å². The van der Waals surface area contributed by atoms with E-state index in [2.05, 4.69) is 66.7 Å². The lowest BCUT2D eigenvalue weighted by Gasteiger charge is -2.32. The van der Waals surface area contributed by atoms with Crippen LogP contribution in [0.2, 0.25) is 0 Å². The molecule has 0 fully saturated rings. The molecule has 0 aliphatic carbocycles.